The van der Waals surface area contributed by atoms with E-state index in [2.05, 4.69) is 15.4 Å². The van der Waals surface area contributed by atoms with Gasteiger partial charge in [-0.15, -0.1) is 0 Å². The van der Waals surface area contributed by atoms with E-state index in [-0.39, 0.29) is 11.3 Å². The molecule has 0 unspecified atom stereocenters. The van der Waals surface area contributed by atoms with Crippen molar-refractivity contribution in [2.24, 2.45) is 0 Å². The zero-order chi connectivity index (χ0) is 23.7. The van der Waals surface area contributed by atoms with Gasteiger partial charge in [-0.1, -0.05) is 18.2 Å². The minimum Gasteiger partial charge on any atom is -0.452 e. The average molecular weight is 457 g/mol. The van der Waals surface area contributed by atoms with E-state index in [0.717, 1.165) is 29.9 Å². The number of benzene rings is 2. The molecule has 2 N–H and O–H groups in total. The number of esters is 1. The number of para-hydroxylation sites is 1. The van der Waals surface area contributed by atoms with Crippen LogP contribution in [0.3, 0.4) is 0 Å². The van der Waals surface area contributed by atoms with Gasteiger partial charge in [0, 0.05) is 23.9 Å². The molecule has 2 aromatic heterocycles. The maximum absolute atomic E-state index is 12.5. The highest BCUT2D eigenvalue weighted by Crippen LogP contribution is 2.40. The van der Waals surface area contributed by atoms with Gasteiger partial charge in [0.05, 0.1) is 22.6 Å². The standard InChI is InChI=1S/C25H23N5O4/c1-16-14-26-25(33)29(16)19-11-9-18(10-12-19)24(32)34-15-23(31)27-22-13-21(17-7-8-17)28-30(22)20-5-3-2-4-6-20/h2-6,9-14,17H,7-8,15H2,1H3,(H,26,33)(H,27,31). The Morgan fingerprint density at radius 1 is 1.09 bits per heavy atom. The Labute approximate surface area is 195 Å². The summed E-state index contributed by atoms with van der Waals surface area (Å²) in [6, 6.07) is 17.8. The topological polar surface area (TPSA) is 111 Å². The molecule has 9 nitrogen and oxygen atoms in total. The summed E-state index contributed by atoms with van der Waals surface area (Å²) in [5, 5.41) is 7.45. The highest BCUT2D eigenvalue weighted by Gasteiger charge is 2.28. The number of hydrogen-bond acceptors (Lipinski definition) is 5. The molecule has 1 amide bonds. The molecule has 0 radical (unpaired) electrons. The van der Waals surface area contributed by atoms with E-state index in [9.17, 15) is 14.4 Å². The smallest absolute Gasteiger partial charge is 0.338 e. The predicted octanol–water partition coefficient (Wildman–Crippen LogP) is 3.33. The first-order chi connectivity index (χ1) is 16.5. The van der Waals surface area contributed by atoms with Crippen LogP contribution in [0.5, 0.6) is 0 Å². The molecule has 2 heterocycles. The molecular weight excluding hydrogens is 434 g/mol. The molecule has 1 fully saturated rings. The Kier molecular flexibility index (Phi) is 5.59. The van der Waals surface area contributed by atoms with Crippen molar-refractivity contribution < 1.29 is 14.3 Å². The van der Waals surface area contributed by atoms with Gasteiger partial charge in [-0.2, -0.15) is 5.10 Å². The quantitative estimate of drug-likeness (QED) is 0.414. The van der Waals surface area contributed by atoms with Gasteiger partial charge in [0.2, 0.25) is 0 Å². The number of hydrogen-bond donors (Lipinski definition) is 2. The Morgan fingerprint density at radius 3 is 2.47 bits per heavy atom. The van der Waals surface area contributed by atoms with Crippen LogP contribution in [-0.4, -0.2) is 37.8 Å². The third-order valence-electron chi connectivity index (χ3n) is 5.65. The fourth-order valence-electron chi connectivity index (χ4n) is 3.75. The van der Waals surface area contributed by atoms with Crippen LogP contribution in [0.15, 0.2) is 71.7 Å². The van der Waals surface area contributed by atoms with E-state index in [1.165, 1.54) is 4.57 Å². The largest absolute Gasteiger partial charge is 0.452 e. The molecular formula is C25H23N5O4. The van der Waals surface area contributed by atoms with Crippen LogP contribution in [0, 0.1) is 6.92 Å². The monoisotopic (exact) mass is 457 g/mol. The van der Waals surface area contributed by atoms with Gasteiger partial charge in [-0.3, -0.25) is 9.36 Å². The summed E-state index contributed by atoms with van der Waals surface area (Å²) in [5.74, 6) is -0.132. The number of rotatable bonds is 7. The van der Waals surface area contributed by atoms with E-state index in [1.807, 2.05) is 36.4 Å². The molecule has 0 atom stereocenters. The van der Waals surface area contributed by atoms with Crippen molar-refractivity contribution in [3.63, 3.8) is 0 Å². The number of ether oxygens (including phenoxy) is 1. The van der Waals surface area contributed by atoms with Crippen LogP contribution in [-0.2, 0) is 9.53 Å². The van der Waals surface area contributed by atoms with Crippen LogP contribution in [0.4, 0.5) is 5.82 Å². The lowest BCUT2D eigenvalue weighted by Crippen LogP contribution is -2.22. The molecule has 0 bridgehead atoms. The minimum absolute atomic E-state index is 0.260. The van der Waals surface area contributed by atoms with E-state index in [1.54, 1.807) is 42.1 Å². The van der Waals surface area contributed by atoms with Crippen LogP contribution < -0.4 is 11.0 Å². The molecule has 4 aromatic rings. The Morgan fingerprint density at radius 2 is 1.82 bits per heavy atom. The number of anilines is 1. The third kappa shape index (κ3) is 4.40. The van der Waals surface area contributed by atoms with Gasteiger partial charge in [0.1, 0.15) is 5.82 Å². The summed E-state index contributed by atoms with van der Waals surface area (Å²) in [5.41, 5.74) is 3.16. The maximum atomic E-state index is 12.5. The van der Waals surface area contributed by atoms with E-state index in [4.69, 9.17) is 4.74 Å². The summed E-state index contributed by atoms with van der Waals surface area (Å²) in [7, 11) is 0. The van der Waals surface area contributed by atoms with Crippen LogP contribution in [0.25, 0.3) is 11.4 Å². The predicted molar refractivity (Wildman–Crippen MR) is 126 cm³/mol. The highest BCUT2D eigenvalue weighted by atomic mass is 16.5. The second kappa shape index (κ2) is 8.86. The fraction of sp³-hybridized carbons (Fsp3) is 0.200. The number of amides is 1. The van der Waals surface area contributed by atoms with E-state index >= 15 is 0 Å². The highest BCUT2D eigenvalue weighted by molar-refractivity contribution is 5.95. The summed E-state index contributed by atoms with van der Waals surface area (Å²) in [6.45, 7) is 1.37. The van der Waals surface area contributed by atoms with Crippen molar-refractivity contribution in [2.75, 3.05) is 11.9 Å². The number of nitrogens with zero attached hydrogens (tertiary/aromatic N) is 3. The lowest BCUT2D eigenvalue weighted by molar-refractivity contribution is -0.119. The molecule has 172 valence electrons. The first kappa shape index (κ1) is 21.4. The van der Waals surface area contributed by atoms with Crippen molar-refractivity contribution in [3.05, 3.63) is 94.3 Å². The first-order valence-electron chi connectivity index (χ1n) is 11.0. The van der Waals surface area contributed by atoms with Crippen molar-refractivity contribution >= 4 is 17.7 Å². The number of imidazole rings is 1. The lowest BCUT2D eigenvalue weighted by atomic mass is 10.2. The lowest BCUT2D eigenvalue weighted by Gasteiger charge is -2.10. The molecule has 1 aliphatic rings. The van der Waals surface area contributed by atoms with Crippen molar-refractivity contribution in [1.29, 1.82) is 0 Å². The fourth-order valence-corrected chi connectivity index (χ4v) is 3.75. The number of aromatic nitrogens is 4. The van der Waals surface area contributed by atoms with E-state index in [0.29, 0.717) is 17.4 Å². The molecule has 0 spiro atoms. The number of nitrogens with one attached hydrogen (secondary N) is 2. The maximum Gasteiger partial charge on any atom is 0.338 e. The number of aryl methyl sites for hydroxylation is 1. The molecule has 34 heavy (non-hydrogen) atoms. The number of carbonyl (C=O) groups excluding carboxylic acids is 2. The Hall–Kier alpha value is -4.40. The number of H-pyrrole nitrogens is 1. The SMILES string of the molecule is Cc1c[nH]c(=O)n1-c1ccc(C(=O)OCC(=O)Nc2cc(C3CC3)nn2-c2ccccc2)cc1. The van der Waals surface area contributed by atoms with Crippen molar-refractivity contribution in [3.8, 4) is 11.4 Å². The van der Waals surface area contributed by atoms with Gasteiger partial charge in [0.15, 0.2) is 6.61 Å². The molecule has 0 saturated heterocycles. The first-order valence-corrected chi connectivity index (χ1v) is 11.0. The number of carbonyl (C=O) groups is 2. The summed E-state index contributed by atoms with van der Waals surface area (Å²) in [4.78, 5) is 39.5. The van der Waals surface area contributed by atoms with Crippen LogP contribution in [0.1, 0.15) is 40.5 Å². The summed E-state index contributed by atoms with van der Waals surface area (Å²) in [6.07, 6.45) is 3.79. The molecule has 1 aliphatic carbocycles. The molecule has 5 rings (SSSR count). The third-order valence-corrected chi connectivity index (χ3v) is 5.65. The van der Waals surface area contributed by atoms with Gasteiger partial charge in [-0.05, 0) is 56.2 Å². The molecule has 1 saturated carbocycles. The Bertz CT molecular complexity index is 1400. The Balaban J connectivity index is 1.24. The average Bonchev–Trinajstić information content (AvgIpc) is 3.54. The van der Waals surface area contributed by atoms with Crippen molar-refractivity contribution in [2.45, 2.75) is 25.7 Å². The molecule has 9 heteroatoms. The van der Waals surface area contributed by atoms with Crippen LogP contribution >= 0.6 is 0 Å². The zero-order valence-corrected chi connectivity index (χ0v) is 18.5. The van der Waals surface area contributed by atoms with Crippen molar-refractivity contribution in [1.82, 2.24) is 19.3 Å². The zero-order valence-electron chi connectivity index (χ0n) is 18.5. The van der Waals surface area contributed by atoms with Gasteiger partial charge in [-0.25, -0.2) is 14.3 Å². The molecule has 0 aliphatic heterocycles. The second-order valence-corrected chi connectivity index (χ2v) is 8.22. The minimum atomic E-state index is -0.630. The van der Waals surface area contributed by atoms with E-state index < -0.39 is 18.5 Å². The normalized spacial score (nSPS) is 13.0. The molecule has 2 aromatic carbocycles. The number of aromatic amines is 1. The summed E-state index contributed by atoms with van der Waals surface area (Å²) >= 11 is 0. The van der Waals surface area contributed by atoms with Gasteiger partial charge in [0.25, 0.3) is 5.91 Å². The summed E-state index contributed by atoms with van der Waals surface area (Å²) < 4.78 is 8.38. The van der Waals surface area contributed by atoms with Gasteiger partial charge >= 0.3 is 11.7 Å². The second-order valence-electron chi connectivity index (χ2n) is 8.22. The van der Waals surface area contributed by atoms with Gasteiger partial charge < -0.3 is 15.0 Å². The van der Waals surface area contributed by atoms with Crippen LogP contribution in [0.2, 0.25) is 0 Å².